The van der Waals surface area contributed by atoms with Crippen LogP contribution < -0.4 is 5.32 Å². The Morgan fingerprint density at radius 1 is 1.33 bits per heavy atom. The lowest BCUT2D eigenvalue weighted by Gasteiger charge is -2.13. The van der Waals surface area contributed by atoms with Crippen LogP contribution >= 0.6 is 22.9 Å². The van der Waals surface area contributed by atoms with Crippen molar-refractivity contribution in [1.29, 1.82) is 0 Å². The van der Waals surface area contributed by atoms with Gasteiger partial charge < -0.3 is 5.32 Å². The highest BCUT2D eigenvalue weighted by atomic mass is 35.5. The molecule has 2 aromatic rings. The smallest absolute Gasteiger partial charge is 0.107 e. The Kier molecular flexibility index (Phi) is 4.75. The maximum absolute atomic E-state index is 5.88. The van der Waals surface area contributed by atoms with Crippen LogP contribution in [0, 0.1) is 0 Å². The van der Waals surface area contributed by atoms with Gasteiger partial charge in [-0.05, 0) is 31.0 Å². The van der Waals surface area contributed by atoms with Crippen molar-refractivity contribution in [3.63, 3.8) is 0 Å². The molecule has 0 aliphatic carbocycles. The molecule has 0 saturated carbocycles. The molecule has 96 valence electrons. The first-order valence-electron chi connectivity index (χ1n) is 6.11. The molecule has 0 aliphatic heterocycles. The van der Waals surface area contributed by atoms with E-state index in [0.717, 1.165) is 23.0 Å². The van der Waals surface area contributed by atoms with E-state index in [0.29, 0.717) is 6.04 Å². The van der Waals surface area contributed by atoms with Crippen molar-refractivity contribution in [2.75, 3.05) is 0 Å². The zero-order valence-electron chi connectivity index (χ0n) is 10.6. The van der Waals surface area contributed by atoms with E-state index in [2.05, 4.69) is 36.3 Å². The third-order valence-corrected chi connectivity index (χ3v) is 4.27. The maximum Gasteiger partial charge on any atom is 0.107 e. The summed E-state index contributed by atoms with van der Waals surface area (Å²) in [5.74, 6) is 0. The topological polar surface area (TPSA) is 24.9 Å². The van der Waals surface area contributed by atoms with Gasteiger partial charge >= 0.3 is 0 Å². The Morgan fingerprint density at radius 3 is 2.67 bits per heavy atom. The molecular weight excluding hydrogens is 264 g/mol. The van der Waals surface area contributed by atoms with Crippen molar-refractivity contribution >= 4 is 22.9 Å². The van der Waals surface area contributed by atoms with Gasteiger partial charge in [0.15, 0.2) is 0 Å². The summed E-state index contributed by atoms with van der Waals surface area (Å²) in [5.41, 5.74) is 1.24. The minimum absolute atomic E-state index is 0.302. The van der Waals surface area contributed by atoms with Gasteiger partial charge in [-0.15, -0.1) is 11.3 Å². The van der Waals surface area contributed by atoms with Gasteiger partial charge in [-0.25, -0.2) is 4.98 Å². The first-order chi connectivity index (χ1) is 8.69. The first kappa shape index (κ1) is 13.5. The summed E-state index contributed by atoms with van der Waals surface area (Å²) < 4.78 is 0. The number of nitrogens with one attached hydrogen (secondary N) is 1. The highest BCUT2D eigenvalue weighted by Crippen LogP contribution is 2.18. The van der Waals surface area contributed by atoms with Gasteiger partial charge in [0, 0.05) is 28.7 Å². The molecule has 0 aliphatic rings. The lowest BCUT2D eigenvalue weighted by atomic mass is 10.1. The number of benzene rings is 1. The lowest BCUT2D eigenvalue weighted by molar-refractivity contribution is 0.573. The van der Waals surface area contributed by atoms with Crippen LogP contribution in [0.25, 0.3) is 0 Å². The predicted octanol–water partition coefficient (Wildman–Crippen LogP) is 4.21. The van der Waals surface area contributed by atoms with Crippen LogP contribution in [0.4, 0.5) is 0 Å². The molecule has 1 atom stereocenters. The largest absolute Gasteiger partial charge is 0.304 e. The Labute approximate surface area is 117 Å². The molecule has 1 aromatic carbocycles. The molecule has 0 radical (unpaired) electrons. The summed E-state index contributed by atoms with van der Waals surface area (Å²) >= 11 is 7.66. The lowest BCUT2D eigenvalue weighted by Crippen LogP contribution is -2.17. The summed E-state index contributed by atoms with van der Waals surface area (Å²) in [5, 5.41) is 5.40. The van der Waals surface area contributed by atoms with E-state index in [1.54, 1.807) is 11.3 Å². The third kappa shape index (κ3) is 3.55. The number of hydrogen-bond acceptors (Lipinski definition) is 3. The highest BCUT2D eigenvalue weighted by molar-refractivity contribution is 7.11. The monoisotopic (exact) mass is 280 g/mol. The van der Waals surface area contributed by atoms with Crippen LogP contribution in [0.3, 0.4) is 0 Å². The molecule has 4 heteroatoms. The first-order valence-corrected chi connectivity index (χ1v) is 7.31. The van der Waals surface area contributed by atoms with Crippen LogP contribution in [-0.2, 0) is 13.0 Å². The Bertz CT molecular complexity index is 493. The average molecular weight is 281 g/mol. The summed E-state index contributed by atoms with van der Waals surface area (Å²) in [4.78, 5) is 5.74. The number of aromatic nitrogens is 1. The second-order valence-electron chi connectivity index (χ2n) is 4.23. The van der Waals surface area contributed by atoms with E-state index in [-0.39, 0.29) is 0 Å². The van der Waals surface area contributed by atoms with E-state index in [4.69, 9.17) is 11.6 Å². The van der Waals surface area contributed by atoms with Gasteiger partial charge in [-0.1, -0.05) is 30.7 Å². The second-order valence-corrected chi connectivity index (χ2v) is 5.86. The van der Waals surface area contributed by atoms with Crippen LogP contribution in [0.1, 0.15) is 35.3 Å². The zero-order valence-corrected chi connectivity index (χ0v) is 12.2. The zero-order chi connectivity index (χ0) is 13.0. The molecular formula is C14H17ClN2S. The Balaban J connectivity index is 1.91. The van der Waals surface area contributed by atoms with Gasteiger partial charge in [0.1, 0.15) is 5.01 Å². The SMILES string of the molecule is CCc1cnc(CNC(C)c2ccc(Cl)cc2)s1. The minimum Gasteiger partial charge on any atom is -0.304 e. The van der Waals surface area contributed by atoms with Crippen molar-refractivity contribution in [2.24, 2.45) is 0 Å². The van der Waals surface area contributed by atoms with E-state index < -0.39 is 0 Å². The molecule has 1 aromatic heterocycles. The minimum atomic E-state index is 0.302. The number of thiazole rings is 1. The van der Waals surface area contributed by atoms with Crippen LogP contribution in [0.5, 0.6) is 0 Å². The van der Waals surface area contributed by atoms with Crippen molar-refractivity contribution in [1.82, 2.24) is 10.3 Å². The fourth-order valence-corrected chi connectivity index (χ4v) is 2.64. The predicted molar refractivity (Wildman–Crippen MR) is 78.2 cm³/mol. The molecule has 2 nitrogen and oxygen atoms in total. The molecule has 0 bridgehead atoms. The van der Waals surface area contributed by atoms with Crippen molar-refractivity contribution in [3.05, 3.63) is 50.9 Å². The van der Waals surface area contributed by atoms with Gasteiger partial charge in [-0.2, -0.15) is 0 Å². The molecule has 0 amide bonds. The average Bonchev–Trinajstić information content (AvgIpc) is 2.85. The van der Waals surface area contributed by atoms with Gasteiger partial charge in [0.25, 0.3) is 0 Å². The van der Waals surface area contributed by atoms with Crippen molar-refractivity contribution in [2.45, 2.75) is 32.9 Å². The number of nitrogens with zero attached hydrogens (tertiary/aromatic N) is 1. The van der Waals surface area contributed by atoms with E-state index in [1.807, 2.05) is 18.3 Å². The van der Waals surface area contributed by atoms with Crippen molar-refractivity contribution < 1.29 is 0 Å². The number of rotatable bonds is 5. The summed E-state index contributed by atoms with van der Waals surface area (Å²) in [6.07, 6.45) is 3.03. The number of aryl methyl sites for hydroxylation is 1. The fraction of sp³-hybridized carbons (Fsp3) is 0.357. The molecule has 0 fully saturated rings. The summed E-state index contributed by atoms with van der Waals surface area (Å²) in [6.45, 7) is 5.12. The van der Waals surface area contributed by atoms with Crippen LogP contribution in [-0.4, -0.2) is 4.98 Å². The second kappa shape index (κ2) is 6.32. The molecule has 18 heavy (non-hydrogen) atoms. The number of hydrogen-bond donors (Lipinski definition) is 1. The summed E-state index contributed by atoms with van der Waals surface area (Å²) in [6, 6.07) is 8.26. The van der Waals surface area contributed by atoms with E-state index >= 15 is 0 Å². The van der Waals surface area contributed by atoms with E-state index in [1.165, 1.54) is 10.4 Å². The van der Waals surface area contributed by atoms with Gasteiger partial charge in [0.05, 0.1) is 0 Å². The molecule has 1 unspecified atom stereocenters. The van der Waals surface area contributed by atoms with Crippen molar-refractivity contribution in [3.8, 4) is 0 Å². The Morgan fingerprint density at radius 2 is 2.06 bits per heavy atom. The Hall–Kier alpha value is -0.900. The molecule has 0 spiro atoms. The molecule has 0 saturated heterocycles. The fourth-order valence-electron chi connectivity index (χ4n) is 1.70. The molecule has 1 N–H and O–H groups in total. The normalized spacial score (nSPS) is 12.6. The number of halogens is 1. The quantitative estimate of drug-likeness (QED) is 0.887. The third-order valence-electron chi connectivity index (χ3n) is 2.88. The molecule has 2 rings (SSSR count). The van der Waals surface area contributed by atoms with Crippen LogP contribution in [0.15, 0.2) is 30.5 Å². The maximum atomic E-state index is 5.88. The highest BCUT2D eigenvalue weighted by Gasteiger charge is 2.06. The molecule has 1 heterocycles. The van der Waals surface area contributed by atoms with Gasteiger partial charge in [0.2, 0.25) is 0 Å². The van der Waals surface area contributed by atoms with Gasteiger partial charge in [-0.3, -0.25) is 0 Å². The summed E-state index contributed by atoms with van der Waals surface area (Å²) in [7, 11) is 0. The standard InChI is InChI=1S/C14H17ClN2S/c1-3-13-8-17-14(18-13)9-16-10(2)11-4-6-12(15)7-5-11/h4-8,10,16H,3,9H2,1-2H3. The van der Waals surface area contributed by atoms with E-state index in [9.17, 15) is 0 Å². The van der Waals surface area contributed by atoms with Crippen LogP contribution in [0.2, 0.25) is 5.02 Å².